The molecular weight excluding hydrogens is 298 g/mol. The number of nitrogens with one attached hydrogen (secondary N) is 1. The van der Waals surface area contributed by atoms with Crippen LogP contribution >= 0.6 is 0 Å². The monoisotopic (exact) mass is 327 g/mol. The number of hydrogen-bond donors (Lipinski definition) is 1. The van der Waals surface area contributed by atoms with Gasteiger partial charge >= 0.3 is 0 Å². The molecule has 0 aromatic heterocycles. The Kier molecular flexibility index (Phi) is 7.36. The molecule has 0 heterocycles. The van der Waals surface area contributed by atoms with Crippen LogP contribution in [0.1, 0.15) is 50.7 Å². The highest BCUT2D eigenvalue weighted by atomic mass is 32.2. The maximum Gasteiger partial charge on any atom is 0.240 e. The van der Waals surface area contributed by atoms with Crippen LogP contribution < -0.4 is 9.46 Å². The molecule has 0 aliphatic carbocycles. The standard InChI is InChI=1S/C17H29NO3S/c1-6-8-9-15(7-2)12-18-22(19,20)17-11-13(3)16(21-5)10-14(17)4/h10-11,15,18H,6-9,12H2,1-5H3/t15-/m1/s1. The third kappa shape index (κ3) is 4.99. The van der Waals surface area contributed by atoms with E-state index in [4.69, 9.17) is 4.74 Å². The van der Waals surface area contributed by atoms with Gasteiger partial charge < -0.3 is 4.74 Å². The van der Waals surface area contributed by atoms with Gasteiger partial charge in [0.15, 0.2) is 0 Å². The summed E-state index contributed by atoms with van der Waals surface area (Å²) in [5.74, 6) is 1.11. The Labute approximate surface area is 135 Å². The number of methoxy groups -OCH3 is 1. The highest BCUT2D eigenvalue weighted by Crippen LogP contribution is 2.25. The van der Waals surface area contributed by atoms with Crippen LogP contribution in [0.3, 0.4) is 0 Å². The molecule has 4 nitrogen and oxygen atoms in total. The largest absolute Gasteiger partial charge is 0.496 e. The second-order valence-electron chi connectivity index (χ2n) is 5.86. The molecule has 0 bridgehead atoms. The molecule has 0 aliphatic rings. The van der Waals surface area contributed by atoms with Crippen molar-refractivity contribution in [3.63, 3.8) is 0 Å². The highest BCUT2D eigenvalue weighted by molar-refractivity contribution is 7.89. The van der Waals surface area contributed by atoms with Crippen molar-refractivity contribution in [2.45, 2.75) is 58.3 Å². The molecule has 0 saturated heterocycles. The topological polar surface area (TPSA) is 55.4 Å². The quantitative estimate of drug-likeness (QED) is 0.750. The van der Waals surface area contributed by atoms with E-state index in [1.54, 1.807) is 26.2 Å². The molecule has 22 heavy (non-hydrogen) atoms. The molecule has 0 spiro atoms. The van der Waals surface area contributed by atoms with Crippen molar-refractivity contribution in [2.24, 2.45) is 5.92 Å². The van der Waals surface area contributed by atoms with Gasteiger partial charge in [0.2, 0.25) is 10.0 Å². The van der Waals surface area contributed by atoms with Crippen LogP contribution in [0.2, 0.25) is 0 Å². The molecule has 0 unspecified atom stereocenters. The first-order valence-electron chi connectivity index (χ1n) is 8.00. The third-order valence-electron chi connectivity index (χ3n) is 4.09. The predicted octanol–water partition coefficient (Wildman–Crippen LogP) is 3.81. The SMILES string of the molecule is CCCC[C@@H](CC)CNS(=O)(=O)c1cc(C)c(OC)cc1C. The number of rotatable bonds is 9. The van der Waals surface area contributed by atoms with Crippen LogP contribution in [0.15, 0.2) is 17.0 Å². The van der Waals surface area contributed by atoms with Gasteiger partial charge in [-0.2, -0.15) is 0 Å². The Balaban J connectivity index is 2.88. The van der Waals surface area contributed by atoms with Crippen LogP contribution in [-0.4, -0.2) is 22.1 Å². The summed E-state index contributed by atoms with van der Waals surface area (Å²) < 4.78 is 33.1. The summed E-state index contributed by atoms with van der Waals surface area (Å²) in [5.41, 5.74) is 1.53. The Bertz CT molecular complexity index is 582. The van der Waals surface area contributed by atoms with E-state index in [-0.39, 0.29) is 0 Å². The van der Waals surface area contributed by atoms with E-state index in [9.17, 15) is 8.42 Å². The molecule has 0 amide bonds. The second-order valence-corrected chi connectivity index (χ2v) is 7.59. The molecule has 0 aliphatic heterocycles. The van der Waals surface area contributed by atoms with Crippen molar-refractivity contribution in [1.82, 2.24) is 4.72 Å². The van der Waals surface area contributed by atoms with Gasteiger partial charge in [-0.25, -0.2) is 13.1 Å². The van der Waals surface area contributed by atoms with E-state index in [1.165, 1.54) is 0 Å². The van der Waals surface area contributed by atoms with Gasteiger partial charge in [0, 0.05) is 6.54 Å². The minimum atomic E-state index is -3.47. The highest BCUT2D eigenvalue weighted by Gasteiger charge is 2.20. The van der Waals surface area contributed by atoms with Crippen LogP contribution in [-0.2, 0) is 10.0 Å². The average molecular weight is 327 g/mol. The molecule has 0 saturated carbocycles. The second kappa shape index (κ2) is 8.53. The number of benzene rings is 1. The smallest absolute Gasteiger partial charge is 0.240 e. The van der Waals surface area contributed by atoms with Crippen molar-refractivity contribution in [1.29, 1.82) is 0 Å². The number of sulfonamides is 1. The molecule has 126 valence electrons. The van der Waals surface area contributed by atoms with Crippen LogP contribution in [0.25, 0.3) is 0 Å². The van der Waals surface area contributed by atoms with Crippen molar-refractivity contribution >= 4 is 10.0 Å². The third-order valence-corrected chi connectivity index (χ3v) is 5.65. The summed E-state index contributed by atoms with van der Waals surface area (Å²) in [7, 11) is -1.88. The van der Waals surface area contributed by atoms with E-state index < -0.39 is 10.0 Å². The van der Waals surface area contributed by atoms with E-state index >= 15 is 0 Å². The zero-order valence-corrected chi connectivity index (χ0v) is 15.2. The number of unbranched alkanes of at least 4 members (excludes halogenated alkanes) is 1. The van der Waals surface area contributed by atoms with Gasteiger partial charge in [0.05, 0.1) is 12.0 Å². The van der Waals surface area contributed by atoms with Crippen LogP contribution in [0.4, 0.5) is 0 Å². The Morgan fingerprint density at radius 2 is 1.86 bits per heavy atom. The average Bonchev–Trinajstić information content (AvgIpc) is 2.49. The minimum Gasteiger partial charge on any atom is -0.496 e. The summed E-state index contributed by atoms with van der Waals surface area (Å²) in [6.07, 6.45) is 4.33. The van der Waals surface area contributed by atoms with E-state index in [0.717, 1.165) is 31.2 Å². The van der Waals surface area contributed by atoms with Gasteiger partial charge in [-0.15, -0.1) is 0 Å². The zero-order chi connectivity index (χ0) is 16.8. The maximum absolute atomic E-state index is 12.5. The summed E-state index contributed by atoms with van der Waals surface area (Å²) in [6, 6.07) is 3.46. The first-order valence-corrected chi connectivity index (χ1v) is 9.48. The molecule has 1 aromatic carbocycles. The van der Waals surface area contributed by atoms with Crippen molar-refractivity contribution in [3.8, 4) is 5.75 Å². The predicted molar refractivity (Wildman–Crippen MR) is 91.0 cm³/mol. The molecule has 0 fully saturated rings. The molecule has 1 atom stereocenters. The molecule has 1 aromatic rings. The summed E-state index contributed by atoms with van der Waals surface area (Å²) in [4.78, 5) is 0.344. The number of ether oxygens (including phenoxy) is 1. The first-order chi connectivity index (χ1) is 10.4. The lowest BCUT2D eigenvalue weighted by atomic mass is 10.00. The molecule has 1 rings (SSSR count). The van der Waals surface area contributed by atoms with Crippen LogP contribution in [0, 0.1) is 19.8 Å². The van der Waals surface area contributed by atoms with Crippen molar-refractivity contribution < 1.29 is 13.2 Å². The van der Waals surface area contributed by atoms with Crippen molar-refractivity contribution in [3.05, 3.63) is 23.3 Å². The van der Waals surface area contributed by atoms with E-state index in [0.29, 0.717) is 28.7 Å². The van der Waals surface area contributed by atoms with Gasteiger partial charge in [0.25, 0.3) is 0 Å². The Morgan fingerprint density at radius 3 is 2.41 bits per heavy atom. The minimum absolute atomic E-state index is 0.344. The lowest BCUT2D eigenvalue weighted by Crippen LogP contribution is -2.30. The molecule has 0 radical (unpaired) electrons. The normalized spacial score (nSPS) is 13.1. The summed E-state index contributed by atoms with van der Waals surface area (Å²) >= 11 is 0. The lowest BCUT2D eigenvalue weighted by Gasteiger charge is -2.17. The van der Waals surface area contributed by atoms with Crippen LogP contribution in [0.5, 0.6) is 5.75 Å². The van der Waals surface area contributed by atoms with E-state index in [1.807, 2.05) is 6.92 Å². The number of aryl methyl sites for hydroxylation is 2. The Morgan fingerprint density at radius 1 is 1.18 bits per heavy atom. The van der Waals surface area contributed by atoms with Gasteiger partial charge in [-0.1, -0.05) is 33.1 Å². The summed E-state index contributed by atoms with van der Waals surface area (Å²) in [5, 5.41) is 0. The fourth-order valence-electron chi connectivity index (χ4n) is 2.52. The number of hydrogen-bond acceptors (Lipinski definition) is 3. The van der Waals surface area contributed by atoms with Gasteiger partial charge in [-0.3, -0.25) is 0 Å². The molecule has 1 N–H and O–H groups in total. The van der Waals surface area contributed by atoms with Crippen molar-refractivity contribution in [2.75, 3.05) is 13.7 Å². The fourth-order valence-corrected chi connectivity index (χ4v) is 3.95. The molecule has 5 heteroatoms. The lowest BCUT2D eigenvalue weighted by molar-refractivity contribution is 0.410. The maximum atomic E-state index is 12.5. The van der Waals surface area contributed by atoms with Gasteiger partial charge in [-0.05, 0) is 49.4 Å². The Hall–Kier alpha value is -1.07. The zero-order valence-electron chi connectivity index (χ0n) is 14.4. The van der Waals surface area contributed by atoms with Gasteiger partial charge in [0.1, 0.15) is 5.75 Å². The fraction of sp³-hybridized carbons (Fsp3) is 0.647. The summed E-state index contributed by atoms with van der Waals surface area (Å²) in [6.45, 7) is 8.42. The van der Waals surface area contributed by atoms with E-state index in [2.05, 4.69) is 18.6 Å². The first kappa shape index (κ1) is 19.0. The molecular formula is C17H29NO3S.